The largest absolute Gasteiger partial charge is 0.433 e. The highest BCUT2D eigenvalue weighted by Crippen LogP contribution is 2.31. The van der Waals surface area contributed by atoms with Crippen LogP contribution in [-0.4, -0.2) is 36.1 Å². The first-order valence-corrected chi connectivity index (χ1v) is 6.51. The second-order valence-electron chi connectivity index (χ2n) is 5.12. The van der Waals surface area contributed by atoms with E-state index < -0.39 is 11.9 Å². The third-order valence-corrected chi connectivity index (χ3v) is 3.34. The molecule has 1 aromatic heterocycles. The monoisotopic (exact) mass is 302 g/mol. The van der Waals surface area contributed by atoms with E-state index in [9.17, 15) is 13.2 Å². The van der Waals surface area contributed by atoms with Gasteiger partial charge in [0.2, 0.25) is 0 Å². The van der Waals surface area contributed by atoms with Crippen LogP contribution in [0.4, 0.5) is 19.0 Å². The van der Waals surface area contributed by atoms with Crippen molar-refractivity contribution in [2.75, 3.05) is 18.1 Å². The van der Waals surface area contributed by atoms with Crippen molar-refractivity contribution in [3.63, 3.8) is 0 Å². The van der Waals surface area contributed by atoms with Crippen LogP contribution in [0.2, 0.25) is 0 Å². The first kappa shape index (κ1) is 15.6. The summed E-state index contributed by atoms with van der Waals surface area (Å²) in [6.07, 6.45) is -4.66. The summed E-state index contributed by atoms with van der Waals surface area (Å²) in [7, 11) is 0. The number of nitrogens with one attached hydrogen (secondary N) is 1. The summed E-state index contributed by atoms with van der Waals surface area (Å²) in [5.74, 6) is -0.224. The van der Waals surface area contributed by atoms with Crippen molar-refractivity contribution in [2.45, 2.75) is 32.2 Å². The minimum Gasteiger partial charge on any atom is -0.384 e. The summed E-state index contributed by atoms with van der Waals surface area (Å²) in [5, 5.41) is 7.54. The minimum atomic E-state index is -4.54. The standard InChI is InChI=1S/C13H17F3N4O/c1-7-6-21-8(2)5-20(7)12-9(11(17)18)3-4-10(19-12)13(14,15)16/h3-4,7-8H,5-6H2,1-2H3,(H3,17,18). The van der Waals surface area contributed by atoms with Gasteiger partial charge in [-0.05, 0) is 26.0 Å². The number of hydrogen-bond donors (Lipinski definition) is 2. The minimum absolute atomic E-state index is 0.0833. The van der Waals surface area contributed by atoms with Crippen molar-refractivity contribution in [3.05, 3.63) is 23.4 Å². The van der Waals surface area contributed by atoms with E-state index in [0.29, 0.717) is 13.2 Å². The number of nitrogens with two attached hydrogens (primary N) is 1. The third kappa shape index (κ3) is 3.26. The molecule has 2 unspecified atom stereocenters. The number of hydrogen-bond acceptors (Lipinski definition) is 4. The molecule has 0 radical (unpaired) electrons. The van der Waals surface area contributed by atoms with Crippen LogP contribution in [0.1, 0.15) is 25.1 Å². The van der Waals surface area contributed by atoms with Crippen molar-refractivity contribution in [1.82, 2.24) is 4.98 Å². The fourth-order valence-corrected chi connectivity index (χ4v) is 2.23. The zero-order valence-corrected chi connectivity index (χ0v) is 11.7. The molecule has 21 heavy (non-hydrogen) atoms. The maximum atomic E-state index is 12.9. The van der Waals surface area contributed by atoms with E-state index in [1.807, 2.05) is 13.8 Å². The van der Waals surface area contributed by atoms with Gasteiger partial charge in [-0.3, -0.25) is 5.41 Å². The summed E-state index contributed by atoms with van der Waals surface area (Å²) in [6.45, 7) is 4.45. The molecule has 5 nitrogen and oxygen atoms in total. The molecular formula is C13H17F3N4O. The van der Waals surface area contributed by atoms with E-state index in [0.717, 1.165) is 6.07 Å². The number of nitrogens with zero attached hydrogens (tertiary/aromatic N) is 2. The van der Waals surface area contributed by atoms with Gasteiger partial charge in [-0.1, -0.05) is 0 Å². The Morgan fingerprint density at radius 1 is 1.43 bits per heavy atom. The van der Waals surface area contributed by atoms with Crippen LogP contribution in [0.5, 0.6) is 0 Å². The number of nitrogen functional groups attached to an aromatic ring is 1. The Hall–Kier alpha value is -1.83. The maximum Gasteiger partial charge on any atom is 0.433 e. The number of alkyl halides is 3. The molecule has 2 rings (SSSR count). The van der Waals surface area contributed by atoms with Gasteiger partial charge in [0.05, 0.1) is 24.3 Å². The molecule has 1 saturated heterocycles. The van der Waals surface area contributed by atoms with Crippen LogP contribution >= 0.6 is 0 Å². The molecule has 1 aromatic rings. The Balaban J connectivity index is 2.50. The summed E-state index contributed by atoms with van der Waals surface area (Å²) in [4.78, 5) is 5.41. The number of halogens is 3. The molecule has 0 saturated carbocycles. The van der Waals surface area contributed by atoms with Gasteiger partial charge in [0.25, 0.3) is 0 Å². The highest BCUT2D eigenvalue weighted by molar-refractivity contribution is 5.99. The fourth-order valence-electron chi connectivity index (χ4n) is 2.23. The molecule has 0 amide bonds. The van der Waals surface area contributed by atoms with Crippen molar-refractivity contribution in [1.29, 1.82) is 5.41 Å². The Labute approximate surface area is 120 Å². The van der Waals surface area contributed by atoms with Gasteiger partial charge in [0.1, 0.15) is 17.3 Å². The number of rotatable bonds is 2. The molecule has 2 heterocycles. The summed E-state index contributed by atoms with van der Waals surface area (Å²) >= 11 is 0. The Bertz CT molecular complexity index is 547. The lowest BCUT2D eigenvalue weighted by atomic mass is 10.1. The van der Waals surface area contributed by atoms with Crippen LogP contribution < -0.4 is 10.6 Å². The topological polar surface area (TPSA) is 75.2 Å². The predicted octanol–water partition coefficient (Wildman–Crippen LogP) is 2.00. The maximum absolute atomic E-state index is 12.9. The number of anilines is 1. The molecule has 0 bridgehead atoms. The van der Waals surface area contributed by atoms with Gasteiger partial charge < -0.3 is 15.4 Å². The van der Waals surface area contributed by atoms with Crippen molar-refractivity contribution in [2.24, 2.45) is 5.73 Å². The molecule has 0 aromatic carbocycles. The van der Waals surface area contributed by atoms with Gasteiger partial charge in [0.15, 0.2) is 0 Å². The van der Waals surface area contributed by atoms with Crippen LogP contribution in [0.3, 0.4) is 0 Å². The third-order valence-electron chi connectivity index (χ3n) is 3.34. The zero-order chi connectivity index (χ0) is 15.8. The summed E-state index contributed by atoms with van der Waals surface area (Å²) in [6, 6.07) is 1.89. The lowest BCUT2D eigenvalue weighted by Crippen LogP contribution is -2.48. The lowest BCUT2D eigenvalue weighted by Gasteiger charge is -2.38. The number of amidine groups is 1. The molecule has 1 fully saturated rings. The first-order valence-electron chi connectivity index (χ1n) is 6.51. The average Bonchev–Trinajstić information content (AvgIpc) is 2.39. The molecule has 8 heteroatoms. The molecule has 2 atom stereocenters. The lowest BCUT2D eigenvalue weighted by molar-refractivity contribution is -0.141. The van der Waals surface area contributed by atoms with E-state index in [1.165, 1.54) is 6.07 Å². The molecule has 1 aliphatic rings. The molecule has 3 N–H and O–H groups in total. The SMILES string of the molecule is CC1CN(c2nc(C(F)(F)F)ccc2C(=N)N)C(C)CO1. The highest BCUT2D eigenvalue weighted by atomic mass is 19.4. The van der Waals surface area contributed by atoms with E-state index >= 15 is 0 Å². The quantitative estimate of drug-likeness (QED) is 0.647. The number of ether oxygens (including phenoxy) is 1. The smallest absolute Gasteiger partial charge is 0.384 e. The van der Waals surface area contributed by atoms with Crippen molar-refractivity contribution >= 4 is 11.7 Å². The normalized spacial score (nSPS) is 23.2. The second-order valence-corrected chi connectivity index (χ2v) is 5.12. The summed E-state index contributed by atoms with van der Waals surface area (Å²) in [5.41, 5.74) is 4.67. The average molecular weight is 302 g/mol. The number of morpholine rings is 1. The molecule has 0 aliphatic carbocycles. The van der Waals surface area contributed by atoms with E-state index in [4.69, 9.17) is 15.9 Å². The Kier molecular flexibility index (Phi) is 4.08. The zero-order valence-electron chi connectivity index (χ0n) is 11.7. The fraction of sp³-hybridized carbons (Fsp3) is 0.538. The van der Waals surface area contributed by atoms with Gasteiger partial charge in [-0.25, -0.2) is 4.98 Å². The van der Waals surface area contributed by atoms with Crippen molar-refractivity contribution in [3.8, 4) is 0 Å². The predicted molar refractivity (Wildman–Crippen MR) is 72.5 cm³/mol. The Morgan fingerprint density at radius 3 is 2.67 bits per heavy atom. The number of aromatic nitrogens is 1. The van der Waals surface area contributed by atoms with E-state index in [2.05, 4.69) is 4.98 Å². The molecule has 1 aliphatic heterocycles. The summed E-state index contributed by atoms with van der Waals surface area (Å²) < 4.78 is 44.0. The van der Waals surface area contributed by atoms with Gasteiger partial charge in [-0.15, -0.1) is 0 Å². The van der Waals surface area contributed by atoms with Crippen LogP contribution in [-0.2, 0) is 10.9 Å². The highest BCUT2D eigenvalue weighted by Gasteiger charge is 2.35. The second kappa shape index (κ2) is 5.51. The van der Waals surface area contributed by atoms with Crippen molar-refractivity contribution < 1.29 is 17.9 Å². The van der Waals surface area contributed by atoms with Crippen LogP contribution in [0.15, 0.2) is 12.1 Å². The Morgan fingerprint density at radius 2 is 2.10 bits per heavy atom. The van der Waals surface area contributed by atoms with Gasteiger partial charge in [-0.2, -0.15) is 13.2 Å². The van der Waals surface area contributed by atoms with E-state index in [-0.39, 0.29) is 29.4 Å². The molecular weight excluding hydrogens is 285 g/mol. The van der Waals surface area contributed by atoms with E-state index in [1.54, 1.807) is 4.90 Å². The first-order chi connectivity index (χ1) is 9.70. The van der Waals surface area contributed by atoms with Gasteiger partial charge in [0, 0.05) is 6.54 Å². The molecule has 0 spiro atoms. The van der Waals surface area contributed by atoms with Crippen LogP contribution in [0.25, 0.3) is 0 Å². The van der Waals surface area contributed by atoms with Gasteiger partial charge >= 0.3 is 6.18 Å². The molecule has 116 valence electrons. The van der Waals surface area contributed by atoms with Crippen LogP contribution in [0, 0.1) is 5.41 Å². The number of pyridine rings is 1.